The van der Waals surface area contributed by atoms with Crippen molar-refractivity contribution in [1.29, 1.82) is 5.26 Å². The Morgan fingerprint density at radius 3 is 2.63 bits per heavy atom. The van der Waals surface area contributed by atoms with Crippen LogP contribution in [0, 0.1) is 11.3 Å². The fraction of sp³-hybridized carbons (Fsp3) is 0.444. The van der Waals surface area contributed by atoms with Crippen LogP contribution >= 0.6 is 11.8 Å². The molecule has 1 aliphatic rings. The fourth-order valence-electron chi connectivity index (χ4n) is 1.33. The zero-order valence-corrected chi connectivity index (χ0v) is 12.4. The van der Waals surface area contributed by atoms with Gasteiger partial charge in [-0.3, -0.25) is 4.55 Å². The van der Waals surface area contributed by atoms with Crippen molar-refractivity contribution >= 4 is 31.7 Å². The van der Waals surface area contributed by atoms with Crippen LogP contribution in [0.1, 0.15) is 0 Å². The Bertz CT molecular complexity index is 654. The van der Waals surface area contributed by atoms with E-state index in [0.717, 1.165) is 12.3 Å². The number of allylic oxidation sites excluding steroid dienone is 3. The molecule has 106 valence electrons. The molecule has 1 saturated heterocycles. The van der Waals surface area contributed by atoms with Crippen LogP contribution in [0.5, 0.6) is 0 Å². The molecule has 1 rings (SSSR count). The lowest BCUT2D eigenvalue weighted by atomic mass is 10.5. The first-order valence-electron chi connectivity index (χ1n) is 4.98. The van der Waals surface area contributed by atoms with E-state index in [1.807, 2.05) is 0 Å². The molecule has 0 unspecified atom stereocenters. The molecule has 0 aromatic rings. The lowest BCUT2D eigenvalue weighted by Crippen LogP contribution is -2.25. The summed E-state index contributed by atoms with van der Waals surface area (Å²) in [5.74, 6) is 0.0659. The van der Waals surface area contributed by atoms with Gasteiger partial charge in [0.15, 0.2) is 9.84 Å². The van der Waals surface area contributed by atoms with Crippen molar-refractivity contribution in [2.24, 2.45) is 0 Å². The highest BCUT2D eigenvalue weighted by molar-refractivity contribution is 8.03. The molecule has 1 aliphatic heterocycles. The SMILES string of the molecule is CS(=O)(=O)C(C#N)=CC=C1SCCN1CS(=O)(=O)O. The lowest BCUT2D eigenvalue weighted by Gasteiger charge is -2.16. The molecule has 7 nitrogen and oxygen atoms in total. The molecule has 0 aromatic heterocycles. The van der Waals surface area contributed by atoms with Gasteiger partial charge in [-0.15, -0.1) is 11.8 Å². The predicted molar refractivity (Wildman–Crippen MR) is 72.2 cm³/mol. The maximum Gasteiger partial charge on any atom is 0.283 e. The average molecular weight is 324 g/mol. The minimum absolute atomic E-state index is 0.403. The number of hydrogen-bond acceptors (Lipinski definition) is 7. The largest absolute Gasteiger partial charge is 0.349 e. The van der Waals surface area contributed by atoms with Crippen molar-refractivity contribution < 1.29 is 21.4 Å². The molecule has 0 atom stereocenters. The lowest BCUT2D eigenvalue weighted by molar-refractivity contribution is 0.413. The summed E-state index contributed by atoms with van der Waals surface area (Å²) in [5.41, 5.74) is 0. The first-order valence-corrected chi connectivity index (χ1v) is 9.47. The Balaban J connectivity index is 2.99. The summed E-state index contributed by atoms with van der Waals surface area (Å²) in [6, 6.07) is 1.56. The highest BCUT2D eigenvalue weighted by Crippen LogP contribution is 2.28. The minimum Gasteiger partial charge on any atom is -0.349 e. The minimum atomic E-state index is -4.15. The van der Waals surface area contributed by atoms with Gasteiger partial charge in [0.25, 0.3) is 10.1 Å². The normalized spacial score (nSPS) is 19.7. The van der Waals surface area contributed by atoms with Gasteiger partial charge in [0.1, 0.15) is 16.9 Å². The molecular weight excluding hydrogens is 312 g/mol. The van der Waals surface area contributed by atoms with Crippen LogP contribution in [0.3, 0.4) is 0 Å². The second-order valence-corrected chi connectivity index (χ2v) is 8.26. The smallest absolute Gasteiger partial charge is 0.283 e. The third-order valence-electron chi connectivity index (χ3n) is 2.13. The average Bonchev–Trinajstić information content (AvgIpc) is 2.62. The van der Waals surface area contributed by atoms with Gasteiger partial charge in [-0.25, -0.2) is 8.42 Å². The van der Waals surface area contributed by atoms with Gasteiger partial charge in [-0.1, -0.05) is 0 Å². The van der Waals surface area contributed by atoms with Crippen LogP contribution < -0.4 is 0 Å². The predicted octanol–water partition coefficient (Wildman–Crippen LogP) is 0.174. The van der Waals surface area contributed by atoms with E-state index in [-0.39, 0.29) is 0 Å². The van der Waals surface area contributed by atoms with Gasteiger partial charge in [0.05, 0.1) is 5.03 Å². The zero-order valence-electron chi connectivity index (χ0n) is 9.98. The van der Waals surface area contributed by atoms with Crippen LogP contribution in [0.2, 0.25) is 0 Å². The Hall–Kier alpha value is -1.02. The summed E-state index contributed by atoms with van der Waals surface area (Å²) in [6.07, 6.45) is 3.40. The molecule has 0 radical (unpaired) electrons. The van der Waals surface area contributed by atoms with Crippen molar-refractivity contribution in [3.63, 3.8) is 0 Å². The number of rotatable bonds is 4. The topological polar surface area (TPSA) is 116 Å². The monoisotopic (exact) mass is 324 g/mol. The number of nitriles is 1. The fourth-order valence-corrected chi connectivity index (χ4v) is 3.58. The Kier molecular flexibility index (Phi) is 5.03. The Labute approximate surface area is 116 Å². The van der Waals surface area contributed by atoms with E-state index in [9.17, 15) is 16.8 Å². The first-order chi connectivity index (χ1) is 8.63. The van der Waals surface area contributed by atoms with Crippen molar-refractivity contribution in [3.8, 4) is 6.07 Å². The maximum atomic E-state index is 11.2. The van der Waals surface area contributed by atoms with Crippen molar-refractivity contribution in [3.05, 3.63) is 22.1 Å². The second kappa shape index (κ2) is 5.96. The molecule has 0 spiro atoms. The Morgan fingerprint density at radius 1 is 1.53 bits per heavy atom. The van der Waals surface area contributed by atoms with Crippen molar-refractivity contribution in [2.75, 3.05) is 24.4 Å². The van der Waals surface area contributed by atoms with E-state index >= 15 is 0 Å². The van der Waals surface area contributed by atoms with Crippen LogP contribution in [0.4, 0.5) is 0 Å². The van der Waals surface area contributed by atoms with Gasteiger partial charge in [-0.2, -0.15) is 13.7 Å². The van der Waals surface area contributed by atoms with E-state index < -0.39 is 30.7 Å². The van der Waals surface area contributed by atoms with Gasteiger partial charge >= 0.3 is 0 Å². The van der Waals surface area contributed by atoms with Crippen molar-refractivity contribution in [1.82, 2.24) is 4.90 Å². The van der Waals surface area contributed by atoms with Gasteiger partial charge < -0.3 is 4.90 Å². The van der Waals surface area contributed by atoms with Crippen LogP contribution in [-0.2, 0) is 20.0 Å². The second-order valence-electron chi connectivity index (χ2n) is 3.74. The molecule has 0 amide bonds. The molecular formula is C9H12N2O5S3. The summed E-state index contributed by atoms with van der Waals surface area (Å²) in [5, 5.41) is 9.20. The Morgan fingerprint density at radius 2 is 2.16 bits per heavy atom. The molecule has 0 aromatic carbocycles. The van der Waals surface area contributed by atoms with Crippen molar-refractivity contribution in [2.45, 2.75) is 0 Å². The summed E-state index contributed by atoms with van der Waals surface area (Å²) in [4.78, 5) is 0.993. The summed E-state index contributed by atoms with van der Waals surface area (Å²) >= 11 is 1.32. The number of sulfone groups is 1. The van der Waals surface area contributed by atoms with E-state index in [4.69, 9.17) is 9.81 Å². The summed E-state index contributed by atoms with van der Waals surface area (Å²) in [6.45, 7) is 0.422. The third kappa shape index (κ3) is 5.23. The highest BCUT2D eigenvalue weighted by Gasteiger charge is 2.22. The van der Waals surface area contributed by atoms with Gasteiger partial charge in [0, 0.05) is 18.6 Å². The maximum absolute atomic E-state index is 11.2. The first kappa shape index (κ1) is 16.0. The molecule has 10 heteroatoms. The molecule has 1 N–H and O–H groups in total. The van der Waals surface area contributed by atoms with Crippen LogP contribution in [0.15, 0.2) is 22.1 Å². The van der Waals surface area contributed by atoms with E-state index in [1.165, 1.54) is 22.7 Å². The van der Waals surface area contributed by atoms with Gasteiger partial charge in [0.2, 0.25) is 0 Å². The van der Waals surface area contributed by atoms with Crippen LogP contribution in [0.25, 0.3) is 0 Å². The number of hydrogen-bond donors (Lipinski definition) is 1. The molecule has 0 bridgehead atoms. The van der Waals surface area contributed by atoms with E-state index in [0.29, 0.717) is 17.3 Å². The molecule has 0 saturated carbocycles. The van der Waals surface area contributed by atoms with E-state index in [2.05, 4.69) is 0 Å². The number of thioether (sulfide) groups is 1. The third-order valence-corrected chi connectivity index (χ3v) is 4.87. The van der Waals surface area contributed by atoms with E-state index in [1.54, 1.807) is 6.07 Å². The van der Waals surface area contributed by atoms with Crippen LogP contribution in [-0.4, -0.2) is 50.7 Å². The zero-order chi connectivity index (χ0) is 14.7. The molecule has 1 heterocycles. The standard InChI is InChI=1S/C9H12N2O5S3/c1-18(12,13)8(6-10)2-3-9-11(4-5-17-9)7-19(14,15)16/h2-3H,4-5,7H2,1H3,(H,14,15,16). The van der Waals surface area contributed by atoms with Gasteiger partial charge in [-0.05, 0) is 12.2 Å². The number of nitrogens with zero attached hydrogens (tertiary/aromatic N) is 2. The molecule has 19 heavy (non-hydrogen) atoms. The summed E-state index contributed by atoms with van der Waals surface area (Å²) in [7, 11) is -7.74. The molecule has 0 aliphatic carbocycles. The quantitative estimate of drug-likeness (QED) is 0.575. The summed E-state index contributed by atoms with van der Waals surface area (Å²) < 4.78 is 52.8. The molecule has 1 fully saturated rings. The highest BCUT2D eigenvalue weighted by atomic mass is 32.2.